The van der Waals surface area contributed by atoms with Crippen molar-refractivity contribution in [1.82, 2.24) is 9.78 Å². The number of benzene rings is 1. The number of esters is 2. The van der Waals surface area contributed by atoms with Crippen molar-refractivity contribution in [2.45, 2.75) is 13.8 Å². The van der Waals surface area contributed by atoms with E-state index in [1.165, 1.54) is 6.07 Å². The molecule has 0 spiro atoms. The first-order valence-corrected chi connectivity index (χ1v) is 9.10. The van der Waals surface area contributed by atoms with Crippen LogP contribution in [-0.4, -0.2) is 34.9 Å². The zero-order chi connectivity index (χ0) is 19.6. The molecule has 3 aromatic rings. The molecule has 8 nitrogen and oxygen atoms in total. The molecule has 2 N–H and O–H groups in total. The maximum absolute atomic E-state index is 12.9. The lowest BCUT2D eigenvalue weighted by Gasteiger charge is -2.10. The molecule has 0 aliphatic heterocycles. The minimum atomic E-state index is -0.657. The van der Waals surface area contributed by atoms with E-state index in [2.05, 4.69) is 5.10 Å². The number of nitrogens with two attached hydrogens (primary N) is 1. The van der Waals surface area contributed by atoms with Gasteiger partial charge < -0.3 is 15.2 Å². The van der Waals surface area contributed by atoms with Crippen LogP contribution in [0.15, 0.2) is 34.4 Å². The lowest BCUT2D eigenvalue weighted by Crippen LogP contribution is -2.25. The summed E-state index contributed by atoms with van der Waals surface area (Å²) in [6, 6.07) is 6.23. The van der Waals surface area contributed by atoms with Crippen molar-refractivity contribution in [2.24, 2.45) is 0 Å². The number of rotatable bonds is 5. The molecule has 27 heavy (non-hydrogen) atoms. The fourth-order valence-corrected chi connectivity index (χ4v) is 3.37. The largest absolute Gasteiger partial charge is 0.462 e. The Balaban J connectivity index is 2.23. The van der Waals surface area contributed by atoms with Crippen LogP contribution in [-0.2, 0) is 9.47 Å². The lowest BCUT2D eigenvalue weighted by atomic mass is 10.2. The zero-order valence-corrected chi connectivity index (χ0v) is 15.5. The molecule has 0 atom stereocenters. The van der Waals surface area contributed by atoms with Crippen molar-refractivity contribution >= 4 is 39.0 Å². The maximum atomic E-state index is 12.9. The van der Waals surface area contributed by atoms with Gasteiger partial charge in [-0.25, -0.2) is 9.59 Å². The predicted molar refractivity (Wildman–Crippen MR) is 102 cm³/mol. The van der Waals surface area contributed by atoms with Crippen LogP contribution in [0.5, 0.6) is 0 Å². The van der Waals surface area contributed by atoms with E-state index in [4.69, 9.17) is 15.2 Å². The predicted octanol–water partition coefficient (Wildman–Crippen LogP) is 2.38. The number of fused-ring (bicyclic) bond motifs is 1. The molecule has 0 unspecified atom stereocenters. The molecule has 140 valence electrons. The quantitative estimate of drug-likeness (QED) is 0.669. The number of hydrogen-bond donors (Lipinski definition) is 1. The van der Waals surface area contributed by atoms with Gasteiger partial charge >= 0.3 is 11.9 Å². The minimum Gasteiger partial charge on any atom is -0.462 e. The molecule has 0 fully saturated rings. The summed E-state index contributed by atoms with van der Waals surface area (Å²) in [6.45, 7) is 3.77. The standard InChI is InChI=1S/C18H17N3O5S/c1-3-25-17(23)10-6-5-7-11(8-10)21-16(22)13-12(9-27-15(13)19)14(20-21)18(24)26-4-2/h5-9H,3-4,19H2,1-2H3. The van der Waals surface area contributed by atoms with E-state index < -0.39 is 17.5 Å². The van der Waals surface area contributed by atoms with E-state index in [0.29, 0.717) is 11.1 Å². The van der Waals surface area contributed by atoms with Gasteiger partial charge in [0.2, 0.25) is 0 Å². The lowest BCUT2D eigenvalue weighted by molar-refractivity contribution is 0.0512. The highest BCUT2D eigenvalue weighted by atomic mass is 32.1. The second kappa shape index (κ2) is 7.58. The number of ether oxygens (including phenoxy) is 2. The molecule has 0 aliphatic rings. The summed E-state index contributed by atoms with van der Waals surface area (Å²) < 4.78 is 11.1. The Morgan fingerprint density at radius 2 is 1.89 bits per heavy atom. The van der Waals surface area contributed by atoms with Gasteiger partial charge in [-0.15, -0.1) is 11.3 Å². The fourth-order valence-electron chi connectivity index (χ4n) is 2.58. The second-order valence-corrected chi connectivity index (χ2v) is 6.36. The Morgan fingerprint density at radius 3 is 2.59 bits per heavy atom. The van der Waals surface area contributed by atoms with Gasteiger partial charge in [0, 0.05) is 10.8 Å². The third-order valence-electron chi connectivity index (χ3n) is 3.75. The highest BCUT2D eigenvalue weighted by Gasteiger charge is 2.21. The minimum absolute atomic E-state index is 0.0130. The highest BCUT2D eigenvalue weighted by Crippen LogP contribution is 2.27. The van der Waals surface area contributed by atoms with Crippen molar-refractivity contribution in [3.63, 3.8) is 0 Å². The molecule has 3 rings (SSSR count). The van der Waals surface area contributed by atoms with Crippen molar-refractivity contribution in [2.75, 3.05) is 18.9 Å². The monoisotopic (exact) mass is 387 g/mol. The van der Waals surface area contributed by atoms with Gasteiger partial charge in [-0.3, -0.25) is 4.79 Å². The average molecular weight is 387 g/mol. The Labute approximate surface area is 158 Å². The van der Waals surface area contributed by atoms with Gasteiger partial charge in [-0.2, -0.15) is 9.78 Å². The third-order valence-corrected chi connectivity index (χ3v) is 4.56. The van der Waals surface area contributed by atoms with E-state index in [1.807, 2.05) is 0 Å². The van der Waals surface area contributed by atoms with Crippen molar-refractivity contribution < 1.29 is 19.1 Å². The Bertz CT molecular complexity index is 1090. The first-order chi connectivity index (χ1) is 13.0. The smallest absolute Gasteiger partial charge is 0.359 e. The van der Waals surface area contributed by atoms with Crippen LogP contribution in [0.3, 0.4) is 0 Å². The topological polar surface area (TPSA) is 114 Å². The highest BCUT2D eigenvalue weighted by molar-refractivity contribution is 7.15. The van der Waals surface area contributed by atoms with E-state index in [0.717, 1.165) is 16.0 Å². The van der Waals surface area contributed by atoms with Crippen LogP contribution in [0.2, 0.25) is 0 Å². The fraction of sp³-hybridized carbons (Fsp3) is 0.222. The van der Waals surface area contributed by atoms with Crippen LogP contribution in [0.4, 0.5) is 5.00 Å². The molecule has 2 aromatic heterocycles. The van der Waals surface area contributed by atoms with E-state index in [1.54, 1.807) is 37.4 Å². The van der Waals surface area contributed by atoms with Crippen LogP contribution in [0.25, 0.3) is 16.5 Å². The SMILES string of the molecule is CCOC(=O)c1cccc(-n2nc(C(=O)OCC)c3csc(N)c3c2=O)c1. The van der Waals surface area contributed by atoms with Crippen molar-refractivity contribution in [1.29, 1.82) is 0 Å². The molecule has 0 radical (unpaired) electrons. The normalized spacial score (nSPS) is 10.7. The van der Waals surface area contributed by atoms with Crippen LogP contribution < -0.4 is 11.3 Å². The zero-order valence-electron chi connectivity index (χ0n) is 14.7. The van der Waals surface area contributed by atoms with Crippen LogP contribution in [0, 0.1) is 0 Å². The summed E-state index contributed by atoms with van der Waals surface area (Å²) >= 11 is 1.14. The second-order valence-electron chi connectivity index (χ2n) is 5.45. The number of carbonyl (C=O) groups excluding carboxylic acids is 2. The summed E-state index contributed by atoms with van der Waals surface area (Å²) in [6.07, 6.45) is 0. The Morgan fingerprint density at radius 1 is 1.19 bits per heavy atom. The molecule has 0 bridgehead atoms. The van der Waals surface area contributed by atoms with Crippen molar-refractivity contribution in [3.8, 4) is 5.69 Å². The number of carbonyl (C=O) groups is 2. The molecule has 0 saturated carbocycles. The van der Waals surface area contributed by atoms with Gasteiger partial charge in [-0.05, 0) is 32.0 Å². The molecular weight excluding hydrogens is 370 g/mol. The van der Waals surface area contributed by atoms with E-state index in [9.17, 15) is 14.4 Å². The van der Waals surface area contributed by atoms with Gasteiger partial charge in [0.1, 0.15) is 0 Å². The summed E-state index contributed by atoms with van der Waals surface area (Å²) in [5.74, 6) is -1.18. The molecule has 0 aliphatic carbocycles. The van der Waals surface area contributed by atoms with Crippen LogP contribution >= 0.6 is 11.3 Å². The average Bonchev–Trinajstić information content (AvgIpc) is 3.05. The Kier molecular flexibility index (Phi) is 5.22. The summed E-state index contributed by atoms with van der Waals surface area (Å²) in [5, 5.41) is 6.60. The number of aromatic nitrogens is 2. The molecule has 0 amide bonds. The number of nitrogens with zero attached hydrogens (tertiary/aromatic N) is 2. The number of hydrogen-bond acceptors (Lipinski definition) is 8. The maximum Gasteiger partial charge on any atom is 0.359 e. The third kappa shape index (κ3) is 3.41. The molecule has 9 heteroatoms. The van der Waals surface area contributed by atoms with Crippen molar-refractivity contribution in [3.05, 3.63) is 51.3 Å². The summed E-state index contributed by atoms with van der Waals surface area (Å²) in [5.41, 5.74) is 6.01. The molecule has 2 heterocycles. The first kappa shape index (κ1) is 18.6. The summed E-state index contributed by atoms with van der Waals surface area (Å²) in [4.78, 5) is 37.2. The van der Waals surface area contributed by atoms with Gasteiger partial charge in [-0.1, -0.05) is 6.07 Å². The van der Waals surface area contributed by atoms with Crippen LogP contribution in [0.1, 0.15) is 34.7 Å². The van der Waals surface area contributed by atoms with Gasteiger partial charge in [0.15, 0.2) is 5.69 Å². The van der Waals surface area contributed by atoms with Gasteiger partial charge in [0.05, 0.1) is 34.9 Å². The molecule has 1 aromatic carbocycles. The Hall–Kier alpha value is -3.20. The van der Waals surface area contributed by atoms with E-state index >= 15 is 0 Å². The molecular formula is C18H17N3O5S. The summed E-state index contributed by atoms with van der Waals surface area (Å²) in [7, 11) is 0. The number of nitrogen functional groups attached to an aromatic ring is 1. The molecule has 0 saturated heterocycles. The number of thiophene rings is 1. The van der Waals surface area contributed by atoms with Gasteiger partial charge in [0.25, 0.3) is 5.56 Å². The van der Waals surface area contributed by atoms with E-state index in [-0.39, 0.29) is 34.9 Å². The number of anilines is 1. The first-order valence-electron chi connectivity index (χ1n) is 8.22.